The number of pyridine rings is 1. The molecule has 106 valence electrons. The first-order valence-electron chi connectivity index (χ1n) is 7.00. The zero-order valence-corrected chi connectivity index (χ0v) is 11.7. The minimum Gasteiger partial charge on any atom is -0.379 e. The number of anilines is 1. The fourth-order valence-corrected chi connectivity index (χ4v) is 2.24. The van der Waals surface area contributed by atoms with E-state index in [4.69, 9.17) is 10.5 Å². The fraction of sp³-hybridized carbons (Fsp3) is 0.643. The molecular weight excluding hydrogens is 240 g/mol. The van der Waals surface area contributed by atoms with Crippen LogP contribution in [0.15, 0.2) is 12.1 Å². The van der Waals surface area contributed by atoms with E-state index in [1.807, 2.05) is 19.1 Å². The second kappa shape index (κ2) is 7.43. The highest BCUT2D eigenvalue weighted by Crippen LogP contribution is 2.12. The van der Waals surface area contributed by atoms with E-state index >= 15 is 0 Å². The third-order valence-electron chi connectivity index (χ3n) is 3.39. The van der Waals surface area contributed by atoms with Crippen LogP contribution in [0.3, 0.4) is 0 Å². The van der Waals surface area contributed by atoms with Gasteiger partial charge in [-0.1, -0.05) is 6.07 Å². The molecule has 1 aliphatic rings. The van der Waals surface area contributed by atoms with Gasteiger partial charge >= 0.3 is 0 Å². The van der Waals surface area contributed by atoms with Gasteiger partial charge in [-0.15, -0.1) is 0 Å². The molecule has 0 unspecified atom stereocenters. The lowest BCUT2D eigenvalue weighted by Crippen LogP contribution is -2.37. The van der Waals surface area contributed by atoms with Crippen molar-refractivity contribution in [3.05, 3.63) is 23.4 Å². The van der Waals surface area contributed by atoms with Crippen molar-refractivity contribution in [1.29, 1.82) is 0 Å². The van der Waals surface area contributed by atoms with Crippen molar-refractivity contribution < 1.29 is 4.74 Å². The topological polar surface area (TPSA) is 63.4 Å². The van der Waals surface area contributed by atoms with E-state index in [0.717, 1.165) is 62.9 Å². The van der Waals surface area contributed by atoms with Gasteiger partial charge in [-0.25, -0.2) is 4.98 Å². The molecule has 0 bridgehead atoms. The van der Waals surface area contributed by atoms with E-state index in [1.165, 1.54) is 0 Å². The zero-order valence-electron chi connectivity index (χ0n) is 11.7. The standard InChI is InChI=1S/C14H24N4O/c1-12-3-4-13(11-15)14(17-12)16-5-2-6-18-7-9-19-10-8-18/h3-4H,2,5-11,15H2,1H3,(H,16,17). The van der Waals surface area contributed by atoms with E-state index in [2.05, 4.69) is 15.2 Å². The maximum atomic E-state index is 5.72. The third-order valence-corrected chi connectivity index (χ3v) is 3.39. The smallest absolute Gasteiger partial charge is 0.130 e. The van der Waals surface area contributed by atoms with Crippen molar-refractivity contribution in [2.45, 2.75) is 19.9 Å². The Morgan fingerprint density at radius 3 is 2.89 bits per heavy atom. The highest BCUT2D eigenvalue weighted by atomic mass is 16.5. The summed E-state index contributed by atoms with van der Waals surface area (Å²) in [7, 11) is 0. The molecule has 3 N–H and O–H groups in total. The largest absolute Gasteiger partial charge is 0.379 e. The average Bonchev–Trinajstić information content (AvgIpc) is 2.45. The number of rotatable bonds is 6. The molecule has 0 spiro atoms. The van der Waals surface area contributed by atoms with Gasteiger partial charge in [-0.05, 0) is 26.0 Å². The summed E-state index contributed by atoms with van der Waals surface area (Å²) in [6.07, 6.45) is 1.11. The molecule has 2 heterocycles. The second-order valence-electron chi connectivity index (χ2n) is 4.90. The Labute approximate surface area is 115 Å². The van der Waals surface area contributed by atoms with Crippen LogP contribution in [0.5, 0.6) is 0 Å². The molecule has 1 aromatic rings. The Balaban J connectivity index is 1.74. The van der Waals surface area contributed by atoms with E-state index in [0.29, 0.717) is 6.54 Å². The van der Waals surface area contributed by atoms with Crippen LogP contribution in [-0.4, -0.2) is 49.3 Å². The second-order valence-corrected chi connectivity index (χ2v) is 4.90. The number of nitrogens with one attached hydrogen (secondary N) is 1. The summed E-state index contributed by atoms with van der Waals surface area (Å²) in [5, 5.41) is 3.40. The zero-order chi connectivity index (χ0) is 13.5. The molecule has 0 radical (unpaired) electrons. The van der Waals surface area contributed by atoms with Crippen LogP contribution < -0.4 is 11.1 Å². The van der Waals surface area contributed by atoms with Crippen molar-refractivity contribution in [2.75, 3.05) is 44.7 Å². The maximum absolute atomic E-state index is 5.72. The summed E-state index contributed by atoms with van der Waals surface area (Å²) in [5.74, 6) is 0.935. The van der Waals surface area contributed by atoms with E-state index in [9.17, 15) is 0 Å². The molecule has 0 amide bonds. The third kappa shape index (κ3) is 4.45. The molecule has 0 saturated carbocycles. The number of nitrogens with zero attached hydrogens (tertiary/aromatic N) is 2. The number of hydrogen-bond donors (Lipinski definition) is 2. The van der Waals surface area contributed by atoms with Crippen LogP contribution in [-0.2, 0) is 11.3 Å². The van der Waals surface area contributed by atoms with Gasteiger partial charge in [0.2, 0.25) is 0 Å². The summed E-state index contributed by atoms with van der Waals surface area (Å²) in [4.78, 5) is 6.95. The molecule has 0 aromatic carbocycles. The summed E-state index contributed by atoms with van der Waals surface area (Å²) >= 11 is 0. The Hall–Kier alpha value is -1.17. The van der Waals surface area contributed by atoms with Crippen LogP contribution in [0.1, 0.15) is 17.7 Å². The van der Waals surface area contributed by atoms with Gasteiger partial charge in [0, 0.05) is 37.4 Å². The van der Waals surface area contributed by atoms with Gasteiger partial charge in [-0.3, -0.25) is 4.90 Å². The van der Waals surface area contributed by atoms with Gasteiger partial charge in [0.1, 0.15) is 5.82 Å². The highest BCUT2D eigenvalue weighted by Gasteiger charge is 2.09. The fourth-order valence-electron chi connectivity index (χ4n) is 2.24. The van der Waals surface area contributed by atoms with Crippen molar-refractivity contribution in [3.8, 4) is 0 Å². The summed E-state index contributed by atoms with van der Waals surface area (Å²) in [6.45, 7) is 8.40. The van der Waals surface area contributed by atoms with Crippen molar-refractivity contribution in [3.63, 3.8) is 0 Å². The average molecular weight is 264 g/mol. The lowest BCUT2D eigenvalue weighted by atomic mass is 10.2. The molecule has 1 aliphatic heterocycles. The Bertz CT molecular complexity index is 391. The number of aromatic nitrogens is 1. The minimum absolute atomic E-state index is 0.527. The Morgan fingerprint density at radius 1 is 1.37 bits per heavy atom. The van der Waals surface area contributed by atoms with Crippen molar-refractivity contribution in [1.82, 2.24) is 9.88 Å². The van der Waals surface area contributed by atoms with Gasteiger partial charge in [-0.2, -0.15) is 0 Å². The predicted molar refractivity (Wildman–Crippen MR) is 77.2 cm³/mol. The summed E-state index contributed by atoms with van der Waals surface area (Å²) < 4.78 is 5.34. The number of hydrogen-bond acceptors (Lipinski definition) is 5. The van der Waals surface area contributed by atoms with Crippen LogP contribution in [0, 0.1) is 6.92 Å². The molecule has 0 atom stereocenters. The molecule has 1 fully saturated rings. The molecule has 19 heavy (non-hydrogen) atoms. The molecule has 1 aromatic heterocycles. The monoisotopic (exact) mass is 264 g/mol. The molecule has 5 nitrogen and oxygen atoms in total. The number of nitrogens with two attached hydrogens (primary N) is 1. The van der Waals surface area contributed by atoms with Crippen LogP contribution in [0.25, 0.3) is 0 Å². The normalized spacial score (nSPS) is 16.5. The van der Waals surface area contributed by atoms with Gasteiger partial charge in [0.05, 0.1) is 13.2 Å². The van der Waals surface area contributed by atoms with Crippen LogP contribution in [0.2, 0.25) is 0 Å². The van der Waals surface area contributed by atoms with Crippen LogP contribution in [0.4, 0.5) is 5.82 Å². The van der Waals surface area contributed by atoms with E-state index < -0.39 is 0 Å². The quantitative estimate of drug-likeness (QED) is 0.750. The van der Waals surface area contributed by atoms with Crippen molar-refractivity contribution >= 4 is 5.82 Å². The molecule has 0 aliphatic carbocycles. The number of aryl methyl sites for hydroxylation is 1. The van der Waals surface area contributed by atoms with Crippen LogP contribution >= 0.6 is 0 Å². The summed E-state index contributed by atoms with van der Waals surface area (Å²) in [6, 6.07) is 4.05. The van der Waals surface area contributed by atoms with Crippen molar-refractivity contribution in [2.24, 2.45) is 5.73 Å². The minimum atomic E-state index is 0.527. The van der Waals surface area contributed by atoms with Gasteiger partial charge < -0.3 is 15.8 Å². The number of morpholine rings is 1. The first-order chi connectivity index (χ1) is 9.29. The van der Waals surface area contributed by atoms with E-state index in [1.54, 1.807) is 0 Å². The Morgan fingerprint density at radius 2 is 2.16 bits per heavy atom. The molecule has 5 heteroatoms. The van der Waals surface area contributed by atoms with Gasteiger partial charge in [0.25, 0.3) is 0 Å². The lowest BCUT2D eigenvalue weighted by molar-refractivity contribution is 0.0378. The first kappa shape index (κ1) is 14.2. The lowest BCUT2D eigenvalue weighted by Gasteiger charge is -2.26. The molecule has 2 rings (SSSR count). The predicted octanol–water partition coefficient (Wildman–Crippen LogP) is 0.983. The maximum Gasteiger partial charge on any atom is 0.130 e. The summed E-state index contributed by atoms with van der Waals surface area (Å²) in [5.41, 5.74) is 7.82. The highest BCUT2D eigenvalue weighted by molar-refractivity contribution is 5.44. The number of ether oxygens (including phenoxy) is 1. The van der Waals surface area contributed by atoms with E-state index in [-0.39, 0.29) is 0 Å². The molecular formula is C14H24N4O. The Kier molecular flexibility index (Phi) is 5.57. The van der Waals surface area contributed by atoms with Gasteiger partial charge in [0.15, 0.2) is 0 Å². The first-order valence-corrected chi connectivity index (χ1v) is 7.00. The molecule has 1 saturated heterocycles. The SMILES string of the molecule is Cc1ccc(CN)c(NCCCN2CCOCC2)n1.